The van der Waals surface area contributed by atoms with E-state index in [9.17, 15) is 9.90 Å². The normalized spacial score (nSPS) is 16.5. The molecule has 9 nitrogen and oxygen atoms in total. The van der Waals surface area contributed by atoms with E-state index < -0.39 is 5.97 Å². The Bertz CT molecular complexity index is 1590. The summed E-state index contributed by atoms with van der Waals surface area (Å²) in [5, 5.41) is 9.81. The Kier molecular flexibility index (Phi) is 6.97. The molecular weight excluding hydrogens is 514 g/mol. The van der Waals surface area contributed by atoms with Gasteiger partial charge in [0.2, 0.25) is 0 Å². The van der Waals surface area contributed by atoms with Crippen LogP contribution in [-0.2, 0) is 24.2 Å². The molecule has 1 aromatic carbocycles. The summed E-state index contributed by atoms with van der Waals surface area (Å²) in [4.78, 5) is 34.6. The second-order valence-electron chi connectivity index (χ2n) is 12.1. The Labute approximate surface area is 240 Å². The second kappa shape index (κ2) is 10.6. The number of hydrogen-bond donors (Lipinski definition) is 1. The molecule has 5 heterocycles. The summed E-state index contributed by atoms with van der Waals surface area (Å²) in [5.41, 5.74) is 8.69. The van der Waals surface area contributed by atoms with Crippen molar-refractivity contribution in [3.05, 3.63) is 77.4 Å². The fourth-order valence-corrected chi connectivity index (χ4v) is 6.21. The lowest BCUT2D eigenvalue weighted by molar-refractivity contribution is -0.136. The van der Waals surface area contributed by atoms with Gasteiger partial charge < -0.3 is 14.9 Å². The van der Waals surface area contributed by atoms with E-state index in [0.29, 0.717) is 5.41 Å². The number of aromatic nitrogens is 5. The molecule has 0 bridgehead atoms. The molecule has 3 aromatic heterocycles. The molecule has 0 atom stereocenters. The van der Waals surface area contributed by atoms with Crippen molar-refractivity contribution >= 4 is 17.5 Å². The van der Waals surface area contributed by atoms with Gasteiger partial charge in [0.1, 0.15) is 24.3 Å². The van der Waals surface area contributed by atoms with Gasteiger partial charge in [0.05, 0.1) is 12.1 Å². The molecule has 9 heteroatoms. The van der Waals surface area contributed by atoms with Crippen LogP contribution in [-0.4, -0.2) is 55.2 Å². The van der Waals surface area contributed by atoms with E-state index in [-0.39, 0.29) is 6.42 Å². The lowest BCUT2D eigenvalue weighted by Crippen LogP contribution is -2.38. The molecule has 0 saturated carbocycles. The van der Waals surface area contributed by atoms with E-state index >= 15 is 0 Å². The van der Waals surface area contributed by atoms with Crippen molar-refractivity contribution in [3.8, 4) is 16.9 Å². The first-order chi connectivity index (χ1) is 19.7. The lowest BCUT2D eigenvalue weighted by atomic mass is 9.82. The van der Waals surface area contributed by atoms with Gasteiger partial charge in [-0.2, -0.15) is 0 Å². The number of rotatable bonds is 6. The van der Waals surface area contributed by atoms with Gasteiger partial charge in [-0.25, -0.2) is 15.0 Å². The predicted molar refractivity (Wildman–Crippen MR) is 160 cm³/mol. The number of aryl methyl sites for hydroxylation is 2. The minimum atomic E-state index is -0.824. The van der Waals surface area contributed by atoms with Crippen LogP contribution in [0.3, 0.4) is 0 Å². The van der Waals surface area contributed by atoms with Crippen LogP contribution in [0.5, 0.6) is 0 Å². The third-order valence-corrected chi connectivity index (χ3v) is 8.66. The Hall–Kier alpha value is -4.27. The second-order valence-corrected chi connectivity index (χ2v) is 12.1. The molecule has 0 amide bonds. The van der Waals surface area contributed by atoms with Gasteiger partial charge in [-0.1, -0.05) is 32.0 Å². The average Bonchev–Trinajstić information content (AvgIpc) is 3.49. The van der Waals surface area contributed by atoms with Gasteiger partial charge in [0.15, 0.2) is 0 Å². The molecule has 1 N–H and O–H groups in total. The Morgan fingerprint density at radius 1 is 0.976 bits per heavy atom. The van der Waals surface area contributed by atoms with E-state index in [1.165, 1.54) is 11.1 Å². The molecule has 1 saturated heterocycles. The van der Waals surface area contributed by atoms with E-state index in [0.717, 1.165) is 90.8 Å². The Balaban J connectivity index is 1.35. The van der Waals surface area contributed by atoms with Crippen LogP contribution in [0.4, 0.5) is 11.5 Å². The quantitative estimate of drug-likeness (QED) is 0.351. The molecule has 0 spiro atoms. The van der Waals surface area contributed by atoms with E-state index in [1.54, 1.807) is 18.9 Å². The minimum Gasteiger partial charge on any atom is -0.481 e. The lowest BCUT2D eigenvalue weighted by Gasteiger charge is -2.40. The molecular formula is C32H37N7O2. The summed E-state index contributed by atoms with van der Waals surface area (Å²) in [6, 6.07) is 8.69. The first-order valence-corrected chi connectivity index (χ1v) is 14.3. The summed E-state index contributed by atoms with van der Waals surface area (Å²) in [6.45, 7) is 12.1. The first-order valence-electron chi connectivity index (χ1n) is 14.3. The number of pyridine rings is 1. The van der Waals surface area contributed by atoms with Crippen molar-refractivity contribution < 1.29 is 9.90 Å². The largest absolute Gasteiger partial charge is 0.481 e. The van der Waals surface area contributed by atoms with Crippen LogP contribution in [0, 0.1) is 19.3 Å². The summed E-state index contributed by atoms with van der Waals surface area (Å²) < 4.78 is 1.88. The molecule has 0 radical (unpaired) electrons. The molecule has 41 heavy (non-hydrogen) atoms. The molecule has 0 aliphatic carbocycles. The highest BCUT2D eigenvalue weighted by Gasteiger charge is 2.30. The first kappa shape index (κ1) is 26.9. The highest BCUT2D eigenvalue weighted by molar-refractivity contribution is 5.86. The zero-order chi connectivity index (χ0) is 28.7. The van der Waals surface area contributed by atoms with Crippen molar-refractivity contribution in [1.29, 1.82) is 0 Å². The van der Waals surface area contributed by atoms with Gasteiger partial charge in [0, 0.05) is 67.2 Å². The number of carbonyl (C=O) groups is 1. The summed E-state index contributed by atoms with van der Waals surface area (Å²) in [7, 11) is 0. The van der Waals surface area contributed by atoms with Crippen LogP contribution in [0.15, 0.2) is 49.3 Å². The molecule has 0 unspecified atom stereocenters. The SMILES string of the molecule is Cc1nc(C)c(-c2ccc3c(c2)CCN(c2cc(-n4ccnc4)ncn2)C3)c(N2CCC(C)(C)CC2)c1CC(=O)O. The van der Waals surface area contributed by atoms with Crippen molar-refractivity contribution in [2.45, 2.75) is 59.9 Å². The monoisotopic (exact) mass is 551 g/mol. The van der Waals surface area contributed by atoms with Gasteiger partial charge in [-0.3, -0.25) is 14.3 Å². The zero-order valence-electron chi connectivity index (χ0n) is 24.3. The number of piperidine rings is 1. The third kappa shape index (κ3) is 5.40. The van der Waals surface area contributed by atoms with E-state index in [2.05, 4.69) is 63.7 Å². The van der Waals surface area contributed by atoms with Crippen molar-refractivity contribution in [2.75, 3.05) is 29.4 Å². The summed E-state index contributed by atoms with van der Waals surface area (Å²) in [5.74, 6) is 0.863. The van der Waals surface area contributed by atoms with E-state index in [4.69, 9.17) is 4.98 Å². The molecule has 1 fully saturated rings. The predicted octanol–water partition coefficient (Wildman–Crippen LogP) is 5.16. The average molecular weight is 552 g/mol. The number of anilines is 2. The minimum absolute atomic E-state index is 0.0266. The van der Waals surface area contributed by atoms with Crippen LogP contribution < -0.4 is 9.80 Å². The maximum Gasteiger partial charge on any atom is 0.307 e. The van der Waals surface area contributed by atoms with Gasteiger partial charge in [-0.15, -0.1) is 0 Å². The fraction of sp³-hybridized carbons (Fsp3) is 0.406. The van der Waals surface area contributed by atoms with Crippen LogP contribution in [0.2, 0.25) is 0 Å². The summed E-state index contributed by atoms with van der Waals surface area (Å²) in [6.07, 6.45) is 9.97. The number of fused-ring (bicyclic) bond motifs is 1. The summed E-state index contributed by atoms with van der Waals surface area (Å²) >= 11 is 0. The van der Waals surface area contributed by atoms with Crippen LogP contribution in [0.25, 0.3) is 16.9 Å². The van der Waals surface area contributed by atoms with Crippen LogP contribution in [0.1, 0.15) is 54.8 Å². The topological polar surface area (TPSA) is 100 Å². The Morgan fingerprint density at radius 2 is 1.76 bits per heavy atom. The number of benzene rings is 1. The fourth-order valence-electron chi connectivity index (χ4n) is 6.21. The van der Waals surface area contributed by atoms with Crippen molar-refractivity contribution in [1.82, 2.24) is 24.5 Å². The maximum absolute atomic E-state index is 12.0. The van der Waals surface area contributed by atoms with Crippen molar-refractivity contribution in [2.24, 2.45) is 5.41 Å². The van der Waals surface area contributed by atoms with Gasteiger partial charge >= 0.3 is 5.97 Å². The number of imidazole rings is 1. The molecule has 2 aliphatic rings. The molecule has 212 valence electrons. The number of carboxylic acids is 1. The molecule has 6 rings (SSSR count). The van der Waals surface area contributed by atoms with Gasteiger partial charge in [-0.05, 0) is 55.2 Å². The highest BCUT2D eigenvalue weighted by Crippen LogP contribution is 2.42. The number of hydrogen-bond acceptors (Lipinski definition) is 7. The van der Waals surface area contributed by atoms with E-state index in [1.807, 2.05) is 23.8 Å². The zero-order valence-corrected chi connectivity index (χ0v) is 24.3. The molecule has 4 aromatic rings. The number of carboxylic acid groups (broad SMARTS) is 1. The highest BCUT2D eigenvalue weighted by atomic mass is 16.4. The van der Waals surface area contributed by atoms with Crippen molar-refractivity contribution in [3.63, 3.8) is 0 Å². The van der Waals surface area contributed by atoms with Crippen LogP contribution >= 0.6 is 0 Å². The standard InChI is InChI=1S/C32H37N7O2/c1-21-26(16-29(40)41)31(37-12-8-32(3,4)9-13-37)30(22(2)36-21)24-5-6-25-18-38(11-7-23(25)15-24)27-17-28(35-19-34-27)39-14-10-33-20-39/h5-6,10,14-15,17,19-20H,7-9,11-13,16,18H2,1-4H3,(H,40,41). The molecule has 2 aliphatic heterocycles. The number of aliphatic carboxylic acids is 1. The third-order valence-electron chi connectivity index (χ3n) is 8.66. The number of nitrogens with zero attached hydrogens (tertiary/aromatic N) is 7. The van der Waals surface area contributed by atoms with Gasteiger partial charge in [0.25, 0.3) is 0 Å². The maximum atomic E-state index is 12.0. The Morgan fingerprint density at radius 3 is 2.49 bits per heavy atom. The smallest absolute Gasteiger partial charge is 0.307 e.